The fraction of sp³-hybridized carbons (Fsp3) is 0.478. The molecule has 0 unspecified atom stereocenters. The topological polar surface area (TPSA) is 124 Å². The molecule has 1 aromatic carbocycles. The van der Waals surface area contributed by atoms with Crippen molar-refractivity contribution in [2.75, 3.05) is 37.7 Å². The molecule has 0 atom stereocenters. The van der Waals surface area contributed by atoms with E-state index in [0.29, 0.717) is 24.2 Å². The predicted molar refractivity (Wildman–Crippen MR) is 128 cm³/mol. The van der Waals surface area contributed by atoms with Gasteiger partial charge in [0.2, 0.25) is 21.7 Å². The first kappa shape index (κ1) is 25.3. The largest absolute Gasteiger partial charge is 0.486 e. The zero-order valence-corrected chi connectivity index (χ0v) is 21.2. The molecule has 2 fully saturated rings. The minimum atomic E-state index is -3.69. The van der Waals surface area contributed by atoms with E-state index in [-0.39, 0.29) is 48.9 Å². The summed E-state index contributed by atoms with van der Waals surface area (Å²) < 4.78 is 66.4. The van der Waals surface area contributed by atoms with Gasteiger partial charge in [0.25, 0.3) is 0 Å². The van der Waals surface area contributed by atoms with Gasteiger partial charge in [0.1, 0.15) is 23.1 Å². The lowest BCUT2D eigenvalue weighted by molar-refractivity contribution is 0.242. The number of rotatable bonds is 8. The predicted octanol–water partition coefficient (Wildman–Crippen LogP) is 2.03. The molecule has 1 saturated heterocycles. The maximum atomic E-state index is 13.8. The Hall–Kier alpha value is -3.39. The number of benzene rings is 1. The summed E-state index contributed by atoms with van der Waals surface area (Å²) in [7, 11) is -3.69. The van der Waals surface area contributed by atoms with Gasteiger partial charge in [0.05, 0.1) is 18.5 Å². The van der Waals surface area contributed by atoms with Gasteiger partial charge in [-0.2, -0.15) is 19.1 Å². The second-order valence-corrected chi connectivity index (χ2v) is 11.6. The lowest BCUT2D eigenvalue weighted by Crippen LogP contribution is -2.49. The zero-order chi connectivity index (χ0) is 26.4. The van der Waals surface area contributed by atoms with Crippen molar-refractivity contribution in [3.63, 3.8) is 0 Å². The Balaban J connectivity index is 1.39. The summed E-state index contributed by atoms with van der Waals surface area (Å²) >= 11 is 0. The van der Waals surface area contributed by atoms with Crippen molar-refractivity contribution in [1.82, 2.24) is 24.2 Å². The van der Waals surface area contributed by atoms with Crippen molar-refractivity contribution < 1.29 is 26.5 Å². The fourth-order valence-electron chi connectivity index (χ4n) is 4.09. The van der Waals surface area contributed by atoms with Crippen LogP contribution in [0.25, 0.3) is 5.69 Å². The van der Waals surface area contributed by atoms with E-state index in [0.717, 1.165) is 29.7 Å². The molecule has 1 aliphatic carbocycles. The minimum Gasteiger partial charge on any atom is -0.486 e. The molecule has 11 nitrogen and oxygen atoms in total. The highest BCUT2D eigenvalue weighted by Crippen LogP contribution is 2.45. The number of aryl methyl sites for hydroxylation is 1. The van der Waals surface area contributed by atoms with E-state index in [1.807, 2.05) is 11.8 Å². The first-order chi connectivity index (χ1) is 17.5. The quantitative estimate of drug-likeness (QED) is 0.425. The summed E-state index contributed by atoms with van der Waals surface area (Å²) in [5, 5.41) is 7.76. The van der Waals surface area contributed by atoms with Crippen molar-refractivity contribution >= 4 is 15.7 Å². The highest BCUT2D eigenvalue weighted by Gasteiger charge is 2.39. The Labute approximate surface area is 211 Å². The summed E-state index contributed by atoms with van der Waals surface area (Å²) in [6.07, 6.45) is 3.33. The zero-order valence-electron chi connectivity index (χ0n) is 20.4. The molecule has 198 valence electrons. The van der Waals surface area contributed by atoms with Crippen LogP contribution in [-0.4, -0.2) is 65.4 Å². The minimum absolute atomic E-state index is 0.00503. The number of aromatic nitrogens is 4. The van der Waals surface area contributed by atoms with E-state index in [4.69, 9.17) is 9.26 Å². The molecule has 3 aromatic rings. The Morgan fingerprint density at radius 3 is 2.38 bits per heavy atom. The molecule has 0 amide bonds. The average molecular weight is 537 g/mol. The molecular weight excluding hydrogens is 510 g/mol. The second kappa shape index (κ2) is 9.49. The van der Waals surface area contributed by atoms with Gasteiger partial charge in [-0.15, -0.1) is 0 Å². The molecule has 5 rings (SSSR count). The summed E-state index contributed by atoms with van der Waals surface area (Å²) in [6.45, 7) is 4.81. The van der Waals surface area contributed by atoms with Gasteiger partial charge in [0.15, 0.2) is 5.82 Å². The molecular formula is C23H26F2N6O5S. The van der Waals surface area contributed by atoms with Crippen LogP contribution in [0, 0.1) is 24.0 Å². The molecule has 14 heteroatoms. The highest BCUT2D eigenvalue weighted by molar-refractivity contribution is 7.88. The van der Waals surface area contributed by atoms with E-state index in [1.54, 1.807) is 6.92 Å². The van der Waals surface area contributed by atoms with Crippen LogP contribution >= 0.6 is 0 Å². The number of hydrogen-bond acceptors (Lipinski definition) is 9. The number of hydrogen-bond donors (Lipinski definition) is 0. The van der Waals surface area contributed by atoms with E-state index < -0.39 is 33.0 Å². The summed E-state index contributed by atoms with van der Waals surface area (Å²) in [6, 6.07) is 2.73. The van der Waals surface area contributed by atoms with Gasteiger partial charge in [-0.3, -0.25) is 4.79 Å². The highest BCUT2D eigenvalue weighted by atomic mass is 32.2. The number of anilines is 1. The lowest BCUT2D eigenvalue weighted by Gasteiger charge is -2.35. The third-order valence-corrected chi connectivity index (χ3v) is 8.29. The van der Waals surface area contributed by atoms with Crippen LogP contribution in [0.1, 0.15) is 31.5 Å². The number of halogens is 2. The fourth-order valence-corrected chi connectivity index (χ4v) is 5.42. The van der Waals surface area contributed by atoms with Crippen LogP contribution in [0.5, 0.6) is 5.75 Å². The van der Waals surface area contributed by atoms with E-state index in [2.05, 4.69) is 15.2 Å². The smallest absolute Gasteiger partial charge is 0.316 e. The van der Waals surface area contributed by atoms with Crippen molar-refractivity contribution in [2.24, 2.45) is 5.41 Å². The molecule has 0 N–H and O–H groups in total. The Bertz CT molecular complexity index is 1460. The Morgan fingerprint density at radius 2 is 1.78 bits per heavy atom. The van der Waals surface area contributed by atoms with Crippen LogP contribution in [-0.2, 0) is 15.8 Å². The van der Waals surface area contributed by atoms with Crippen LogP contribution in [0.2, 0.25) is 0 Å². The van der Waals surface area contributed by atoms with Gasteiger partial charge in [0, 0.05) is 37.7 Å². The van der Waals surface area contributed by atoms with Crippen molar-refractivity contribution in [1.29, 1.82) is 0 Å². The summed E-state index contributed by atoms with van der Waals surface area (Å²) in [4.78, 5) is 19.2. The third-order valence-electron chi connectivity index (χ3n) is 6.52. The van der Waals surface area contributed by atoms with Crippen molar-refractivity contribution in [3.8, 4) is 11.4 Å². The molecule has 0 radical (unpaired) electrons. The normalized spacial score (nSPS) is 17.7. The molecule has 0 spiro atoms. The van der Waals surface area contributed by atoms with Gasteiger partial charge >= 0.3 is 5.56 Å². The Kier molecular flexibility index (Phi) is 6.48. The first-order valence-electron chi connectivity index (χ1n) is 11.8. The Morgan fingerprint density at radius 1 is 1.11 bits per heavy atom. The standard InChI is InChI=1S/C23H26F2N6O5S/c1-15-27-20(36-28-15)13-37(33,34)30-7-5-29(6-8-30)19-12-26-31(18-10-16(24)9-17(25)11-18)22(32)21(19)35-14-23(2)3-4-23/h9-12H,3-8,13-14H2,1-2H3. The van der Waals surface area contributed by atoms with Crippen LogP contribution in [0.15, 0.2) is 33.7 Å². The molecule has 1 saturated carbocycles. The van der Waals surface area contributed by atoms with Gasteiger partial charge in [-0.1, -0.05) is 12.1 Å². The van der Waals surface area contributed by atoms with Crippen molar-refractivity contribution in [2.45, 2.75) is 32.4 Å². The number of sulfonamides is 1. The van der Waals surface area contributed by atoms with Gasteiger partial charge < -0.3 is 14.2 Å². The molecule has 0 bridgehead atoms. The third kappa shape index (κ3) is 5.49. The molecule has 2 aromatic heterocycles. The average Bonchev–Trinajstić information content (AvgIpc) is 3.44. The SMILES string of the molecule is Cc1noc(CS(=O)(=O)N2CCN(c3cnn(-c4cc(F)cc(F)c4)c(=O)c3OCC3(C)CC3)CC2)n1. The summed E-state index contributed by atoms with van der Waals surface area (Å²) in [5.74, 6) is -1.70. The molecule has 37 heavy (non-hydrogen) atoms. The maximum absolute atomic E-state index is 13.8. The van der Waals surface area contributed by atoms with Crippen LogP contribution < -0.4 is 15.2 Å². The van der Waals surface area contributed by atoms with Crippen LogP contribution in [0.3, 0.4) is 0 Å². The molecule has 2 aliphatic rings. The molecule has 3 heterocycles. The number of piperazine rings is 1. The van der Waals surface area contributed by atoms with Gasteiger partial charge in [-0.25, -0.2) is 17.2 Å². The number of ether oxygens (including phenoxy) is 1. The monoisotopic (exact) mass is 536 g/mol. The maximum Gasteiger partial charge on any atom is 0.316 e. The van der Waals surface area contributed by atoms with Gasteiger partial charge in [-0.05, 0) is 31.9 Å². The molecule has 1 aliphatic heterocycles. The van der Waals surface area contributed by atoms with E-state index >= 15 is 0 Å². The first-order valence-corrected chi connectivity index (χ1v) is 13.4. The second-order valence-electron chi connectivity index (χ2n) is 9.68. The number of nitrogens with zero attached hydrogens (tertiary/aromatic N) is 6. The van der Waals surface area contributed by atoms with Crippen LogP contribution in [0.4, 0.5) is 14.5 Å². The summed E-state index contributed by atoms with van der Waals surface area (Å²) in [5.41, 5.74) is -0.368. The van der Waals surface area contributed by atoms with Crippen molar-refractivity contribution in [3.05, 3.63) is 58.1 Å². The lowest BCUT2D eigenvalue weighted by atomic mass is 10.2. The van der Waals surface area contributed by atoms with E-state index in [1.165, 1.54) is 10.5 Å². The van der Waals surface area contributed by atoms with E-state index in [9.17, 15) is 22.0 Å².